The molecule has 6 heteroatoms. The molecule has 0 radical (unpaired) electrons. The maximum atomic E-state index is 12.4. The van der Waals surface area contributed by atoms with Gasteiger partial charge in [-0.05, 0) is 43.7 Å². The summed E-state index contributed by atoms with van der Waals surface area (Å²) >= 11 is 1.55. The van der Waals surface area contributed by atoms with Gasteiger partial charge in [0.2, 0.25) is 0 Å². The van der Waals surface area contributed by atoms with Crippen molar-refractivity contribution in [2.24, 2.45) is 5.92 Å². The Bertz CT molecular complexity index is 753. The third-order valence-electron chi connectivity index (χ3n) is 4.10. The number of fused-ring (bicyclic) bond motifs is 1. The van der Waals surface area contributed by atoms with E-state index in [4.69, 9.17) is 0 Å². The Labute approximate surface area is 133 Å². The van der Waals surface area contributed by atoms with E-state index in [0.717, 1.165) is 24.8 Å². The van der Waals surface area contributed by atoms with Crippen LogP contribution in [0.3, 0.4) is 0 Å². The zero-order valence-corrected chi connectivity index (χ0v) is 13.5. The first-order chi connectivity index (χ1) is 10.6. The highest BCUT2D eigenvalue weighted by Gasteiger charge is 2.25. The van der Waals surface area contributed by atoms with Crippen LogP contribution in [0.5, 0.6) is 0 Å². The Hall–Kier alpha value is -2.13. The van der Waals surface area contributed by atoms with Crippen molar-refractivity contribution in [1.82, 2.24) is 9.78 Å². The number of amides is 1. The monoisotopic (exact) mass is 314 g/mol. The Morgan fingerprint density at radius 2 is 2.45 bits per heavy atom. The van der Waals surface area contributed by atoms with Gasteiger partial charge < -0.3 is 5.32 Å². The number of hydrogen-bond acceptors (Lipinski definition) is 4. The van der Waals surface area contributed by atoms with Gasteiger partial charge >= 0.3 is 0 Å². The molecule has 0 saturated heterocycles. The molecule has 0 spiro atoms. The second-order valence-electron chi connectivity index (χ2n) is 5.65. The topological polar surface area (TPSA) is 70.7 Å². The van der Waals surface area contributed by atoms with E-state index in [1.807, 2.05) is 6.92 Å². The number of aryl methyl sites for hydroxylation is 1. The Balaban J connectivity index is 1.90. The lowest BCUT2D eigenvalue weighted by Crippen LogP contribution is -2.17. The second-order valence-corrected chi connectivity index (χ2v) is 6.76. The molecule has 5 nitrogen and oxygen atoms in total. The molecule has 2 heterocycles. The van der Waals surface area contributed by atoms with Gasteiger partial charge in [-0.1, -0.05) is 6.92 Å². The van der Waals surface area contributed by atoms with Gasteiger partial charge in [0.15, 0.2) is 0 Å². The van der Waals surface area contributed by atoms with Crippen molar-refractivity contribution in [3.63, 3.8) is 0 Å². The van der Waals surface area contributed by atoms with Crippen LogP contribution in [0, 0.1) is 17.2 Å². The van der Waals surface area contributed by atoms with Crippen LogP contribution in [0.4, 0.5) is 5.00 Å². The molecule has 114 valence electrons. The summed E-state index contributed by atoms with van der Waals surface area (Å²) in [6.45, 7) is 4.81. The summed E-state index contributed by atoms with van der Waals surface area (Å²) < 4.78 is 1.65. The normalized spacial score (nSPS) is 16.9. The number of carbonyl (C=O) groups excluding carboxylic acids is 1. The highest BCUT2D eigenvalue weighted by atomic mass is 32.1. The molecule has 1 aliphatic carbocycles. The van der Waals surface area contributed by atoms with E-state index >= 15 is 0 Å². The van der Waals surface area contributed by atoms with Crippen molar-refractivity contribution in [1.29, 1.82) is 5.26 Å². The molecule has 0 fully saturated rings. The number of nitrogens with one attached hydrogen (secondary N) is 1. The Kier molecular flexibility index (Phi) is 3.99. The van der Waals surface area contributed by atoms with Crippen LogP contribution < -0.4 is 5.32 Å². The van der Waals surface area contributed by atoms with Crippen molar-refractivity contribution in [3.8, 4) is 6.07 Å². The van der Waals surface area contributed by atoms with Gasteiger partial charge in [-0.15, -0.1) is 11.3 Å². The average Bonchev–Trinajstić information content (AvgIpc) is 3.09. The number of anilines is 1. The number of nitriles is 1. The minimum absolute atomic E-state index is 0.206. The summed E-state index contributed by atoms with van der Waals surface area (Å²) in [7, 11) is 0. The quantitative estimate of drug-likeness (QED) is 0.945. The number of nitrogens with zero attached hydrogens (tertiary/aromatic N) is 3. The fraction of sp³-hybridized carbons (Fsp3) is 0.438. The number of carbonyl (C=O) groups is 1. The molecular formula is C16H18N4OS. The van der Waals surface area contributed by atoms with Gasteiger partial charge in [0.25, 0.3) is 5.91 Å². The van der Waals surface area contributed by atoms with Crippen molar-refractivity contribution < 1.29 is 4.79 Å². The lowest BCUT2D eigenvalue weighted by molar-refractivity contribution is 0.101. The summed E-state index contributed by atoms with van der Waals surface area (Å²) in [5.74, 6) is 0.435. The smallest absolute Gasteiger partial charge is 0.274 e. The van der Waals surface area contributed by atoms with Crippen molar-refractivity contribution in [2.45, 2.75) is 39.7 Å². The summed E-state index contributed by atoms with van der Waals surface area (Å²) in [5, 5.41) is 17.2. The standard InChI is InChI=1S/C16H18N4OS/c1-3-20-13(6-7-18-20)15(21)19-16-12(9-17)11-5-4-10(2)8-14(11)22-16/h6-7,10H,3-5,8H2,1-2H3,(H,19,21). The third kappa shape index (κ3) is 2.53. The fourth-order valence-corrected chi connectivity index (χ4v) is 4.26. The number of rotatable bonds is 3. The van der Waals surface area contributed by atoms with E-state index in [2.05, 4.69) is 23.4 Å². The van der Waals surface area contributed by atoms with Crippen molar-refractivity contribution >= 4 is 22.2 Å². The van der Waals surface area contributed by atoms with Crippen LogP contribution in [0.2, 0.25) is 0 Å². The van der Waals surface area contributed by atoms with Gasteiger partial charge in [0, 0.05) is 17.6 Å². The molecule has 0 aromatic carbocycles. The van der Waals surface area contributed by atoms with Gasteiger partial charge in [-0.2, -0.15) is 10.4 Å². The van der Waals surface area contributed by atoms with Crippen molar-refractivity contribution in [2.75, 3.05) is 5.32 Å². The molecule has 2 aromatic heterocycles. The zero-order valence-electron chi connectivity index (χ0n) is 12.7. The largest absolute Gasteiger partial charge is 0.311 e. The van der Waals surface area contributed by atoms with E-state index < -0.39 is 0 Å². The molecule has 1 amide bonds. The van der Waals surface area contributed by atoms with E-state index in [9.17, 15) is 10.1 Å². The van der Waals surface area contributed by atoms with Crippen LogP contribution in [0.1, 0.15) is 46.8 Å². The van der Waals surface area contributed by atoms with Crippen LogP contribution >= 0.6 is 11.3 Å². The number of thiophene rings is 1. The first-order valence-electron chi connectivity index (χ1n) is 7.51. The summed E-state index contributed by atoms with van der Waals surface area (Å²) in [5.41, 5.74) is 2.29. The molecular weight excluding hydrogens is 296 g/mol. The highest BCUT2D eigenvalue weighted by Crippen LogP contribution is 2.39. The Morgan fingerprint density at radius 3 is 3.18 bits per heavy atom. The van der Waals surface area contributed by atoms with E-state index in [-0.39, 0.29) is 5.91 Å². The predicted molar refractivity (Wildman–Crippen MR) is 86.1 cm³/mol. The molecule has 2 aromatic rings. The first kappa shape index (κ1) is 14.8. The molecule has 22 heavy (non-hydrogen) atoms. The summed E-state index contributed by atoms with van der Waals surface area (Å²) in [4.78, 5) is 13.7. The van der Waals surface area contributed by atoms with E-state index in [0.29, 0.717) is 28.7 Å². The molecule has 0 bridgehead atoms. The van der Waals surface area contributed by atoms with Crippen LogP contribution in [0.15, 0.2) is 12.3 Å². The zero-order chi connectivity index (χ0) is 15.7. The highest BCUT2D eigenvalue weighted by molar-refractivity contribution is 7.16. The number of hydrogen-bond donors (Lipinski definition) is 1. The molecule has 1 N–H and O–H groups in total. The molecule has 1 aliphatic rings. The second kappa shape index (κ2) is 5.93. The van der Waals surface area contributed by atoms with Crippen molar-refractivity contribution in [3.05, 3.63) is 34.0 Å². The van der Waals surface area contributed by atoms with Gasteiger partial charge in [-0.25, -0.2) is 0 Å². The summed E-state index contributed by atoms with van der Waals surface area (Å²) in [6, 6.07) is 3.97. The lowest BCUT2D eigenvalue weighted by atomic mass is 9.89. The average molecular weight is 314 g/mol. The molecule has 0 aliphatic heterocycles. The third-order valence-corrected chi connectivity index (χ3v) is 5.27. The SMILES string of the molecule is CCn1nccc1C(=O)Nc1sc2c(c1C#N)CCC(C)C2. The molecule has 1 atom stereocenters. The van der Waals surface area contributed by atoms with Gasteiger partial charge in [-0.3, -0.25) is 9.48 Å². The lowest BCUT2D eigenvalue weighted by Gasteiger charge is -2.17. The molecule has 3 rings (SSSR count). The van der Waals surface area contributed by atoms with E-state index in [1.165, 1.54) is 4.88 Å². The van der Waals surface area contributed by atoms with Crippen LogP contribution in [0.25, 0.3) is 0 Å². The summed E-state index contributed by atoms with van der Waals surface area (Å²) in [6.07, 6.45) is 4.65. The number of aromatic nitrogens is 2. The first-order valence-corrected chi connectivity index (χ1v) is 8.33. The minimum atomic E-state index is -0.206. The molecule has 1 unspecified atom stereocenters. The van der Waals surface area contributed by atoms with Gasteiger partial charge in [0.1, 0.15) is 16.8 Å². The predicted octanol–water partition coefficient (Wildman–Crippen LogP) is 3.21. The molecule has 0 saturated carbocycles. The van der Waals surface area contributed by atoms with Crippen LogP contribution in [-0.2, 0) is 19.4 Å². The maximum Gasteiger partial charge on any atom is 0.274 e. The minimum Gasteiger partial charge on any atom is -0.311 e. The van der Waals surface area contributed by atoms with E-state index in [1.54, 1.807) is 28.3 Å². The maximum absolute atomic E-state index is 12.4. The van der Waals surface area contributed by atoms with Crippen LogP contribution in [-0.4, -0.2) is 15.7 Å². The Morgan fingerprint density at radius 1 is 1.64 bits per heavy atom. The fourth-order valence-electron chi connectivity index (χ4n) is 2.90. The van der Waals surface area contributed by atoms with Gasteiger partial charge in [0.05, 0.1) is 5.56 Å².